The third kappa shape index (κ3) is 2.90. The van der Waals surface area contributed by atoms with Crippen molar-refractivity contribution < 1.29 is 9.53 Å². The summed E-state index contributed by atoms with van der Waals surface area (Å²) in [5, 5.41) is 3.37. The third-order valence-corrected chi connectivity index (χ3v) is 5.84. The number of amides is 1. The van der Waals surface area contributed by atoms with Crippen molar-refractivity contribution in [3.8, 4) is 0 Å². The normalized spacial score (nSPS) is 30.9. The molecule has 23 heavy (non-hydrogen) atoms. The third-order valence-electron chi connectivity index (χ3n) is 5.84. The molecule has 3 atom stereocenters. The van der Waals surface area contributed by atoms with Gasteiger partial charge < -0.3 is 15.0 Å². The number of fused-ring (bicyclic) bond motifs is 3. The van der Waals surface area contributed by atoms with Crippen molar-refractivity contribution in [2.45, 2.75) is 31.2 Å². The minimum absolute atomic E-state index is 0.188. The predicted molar refractivity (Wildman–Crippen MR) is 89.2 cm³/mol. The monoisotopic (exact) mass is 314 g/mol. The molecule has 1 aromatic carbocycles. The standard InChI is InChI=1S/C19H26N2O2/c1-21-11-16-14-4-2-3-5-15(14)19(17(16)12-21)20-18(22)10-13-6-8-23-9-7-13/h2-5,13,16-17,19H,6-12H2,1H3,(H,20,22)/t16-,17-,19+/m0/s1. The Morgan fingerprint density at radius 2 is 1.96 bits per heavy atom. The lowest BCUT2D eigenvalue weighted by Crippen LogP contribution is -2.34. The van der Waals surface area contributed by atoms with Crippen molar-refractivity contribution in [3.05, 3.63) is 35.4 Å². The molecule has 4 rings (SSSR count). The molecule has 0 radical (unpaired) electrons. The lowest BCUT2D eigenvalue weighted by Gasteiger charge is -2.25. The molecule has 4 nitrogen and oxygen atoms in total. The Morgan fingerprint density at radius 1 is 1.22 bits per heavy atom. The van der Waals surface area contributed by atoms with E-state index >= 15 is 0 Å². The Kier molecular flexibility index (Phi) is 4.12. The zero-order valence-corrected chi connectivity index (χ0v) is 13.8. The van der Waals surface area contributed by atoms with Crippen LogP contribution in [0.25, 0.3) is 0 Å². The molecule has 2 saturated heterocycles. The van der Waals surface area contributed by atoms with Crippen molar-refractivity contribution in [2.75, 3.05) is 33.4 Å². The van der Waals surface area contributed by atoms with E-state index in [0.29, 0.717) is 24.2 Å². The largest absolute Gasteiger partial charge is 0.381 e. The highest BCUT2D eigenvalue weighted by molar-refractivity contribution is 5.77. The summed E-state index contributed by atoms with van der Waals surface area (Å²) >= 11 is 0. The lowest BCUT2D eigenvalue weighted by atomic mass is 9.93. The fraction of sp³-hybridized carbons (Fsp3) is 0.632. The maximum absolute atomic E-state index is 12.6. The fourth-order valence-corrected chi connectivity index (χ4v) is 4.69. The fourth-order valence-electron chi connectivity index (χ4n) is 4.69. The molecule has 0 saturated carbocycles. The van der Waals surface area contributed by atoms with Crippen molar-refractivity contribution >= 4 is 5.91 Å². The maximum atomic E-state index is 12.6. The topological polar surface area (TPSA) is 41.6 Å². The number of hydrogen-bond acceptors (Lipinski definition) is 3. The minimum Gasteiger partial charge on any atom is -0.381 e. The molecular formula is C19H26N2O2. The second kappa shape index (κ2) is 6.25. The number of rotatable bonds is 3. The highest BCUT2D eigenvalue weighted by Crippen LogP contribution is 2.48. The zero-order valence-electron chi connectivity index (χ0n) is 13.8. The molecule has 0 unspecified atom stereocenters. The Balaban J connectivity index is 1.48. The maximum Gasteiger partial charge on any atom is 0.220 e. The van der Waals surface area contributed by atoms with E-state index in [9.17, 15) is 4.79 Å². The Hall–Kier alpha value is -1.39. The van der Waals surface area contributed by atoms with Crippen LogP contribution in [0.1, 0.15) is 42.3 Å². The van der Waals surface area contributed by atoms with E-state index in [4.69, 9.17) is 4.74 Å². The van der Waals surface area contributed by atoms with Crippen LogP contribution in [0, 0.1) is 11.8 Å². The summed E-state index contributed by atoms with van der Waals surface area (Å²) in [6.45, 7) is 3.79. The molecule has 4 heteroatoms. The second-order valence-electron chi connectivity index (χ2n) is 7.43. The molecule has 2 heterocycles. The van der Waals surface area contributed by atoms with Crippen molar-refractivity contribution in [3.63, 3.8) is 0 Å². The van der Waals surface area contributed by atoms with Crippen molar-refractivity contribution in [1.82, 2.24) is 10.2 Å². The van der Waals surface area contributed by atoms with Gasteiger partial charge in [-0.25, -0.2) is 0 Å². The molecule has 2 fully saturated rings. The number of benzene rings is 1. The smallest absolute Gasteiger partial charge is 0.220 e. The van der Waals surface area contributed by atoms with Crippen LogP contribution >= 0.6 is 0 Å². The number of carbonyl (C=O) groups excluding carboxylic acids is 1. The van der Waals surface area contributed by atoms with Gasteiger partial charge in [-0.3, -0.25) is 4.79 Å². The van der Waals surface area contributed by atoms with Crippen LogP contribution in [0.2, 0.25) is 0 Å². The van der Waals surface area contributed by atoms with E-state index < -0.39 is 0 Å². The lowest BCUT2D eigenvalue weighted by molar-refractivity contribution is -0.123. The van der Waals surface area contributed by atoms with Crippen LogP contribution in [-0.2, 0) is 9.53 Å². The minimum atomic E-state index is 0.188. The van der Waals surface area contributed by atoms with Gasteiger partial charge in [-0.2, -0.15) is 0 Å². The van der Waals surface area contributed by atoms with Crippen LogP contribution in [0.15, 0.2) is 24.3 Å². The zero-order chi connectivity index (χ0) is 15.8. The Morgan fingerprint density at radius 3 is 2.74 bits per heavy atom. The highest BCUT2D eigenvalue weighted by atomic mass is 16.5. The number of carbonyl (C=O) groups is 1. The first-order valence-electron chi connectivity index (χ1n) is 8.87. The van der Waals surface area contributed by atoms with Gasteiger partial charge in [-0.15, -0.1) is 0 Å². The van der Waals surface area contributed by atoms with Crippen LogP contribution in [0.5, 0.6) is 0 Å². The molecule has 1 aromatic rings. The number of nitrogens with zero attached hydrogens (tertiary/aromatic N) is 1. The van der Waals surface area contributed by atoms with E-state index in [2.05, 4.69) is 41.5 Å². The van der Waals surface area contributed by atoms with Gasteiger partial charge in [0.15, 0.2) is 0 Å². The molecule has 1 aliphatic carbocycles. The first-order chi connectivity index (χ1) is 11.2. The first kappa shape index (κ1) is 15.2. The quantitative estimate of drug-likeness (QED) is 0.931. The molecule has 1 amide bonds. The molecular weight excluding hydrogens is 288 g/mol. The SMILES string of the molecule is CN1C[C@@H]2[C@H](NC(=O)CC3CCOCC3)c3ccccc3[C@@H]2C1. The second-order valence-corrected chi connectivity index (χ2v) is 7.43. The Labute approximate surface area is 138 Å². The number of likely N-dealkylation sites (N-methyl/N-ethyl adjacent to an activating group) is 1. The summed E-state index contributed by atoms with van der Waals surface area (Å²) in [4.78, 5) is 15.0. The summed E-state index contributed by atoms with van der Waals surface area (Å²) in [7, 11) is 2.18. The summed E-state index contributed by atoms with van der Waals surface area (Å²) in [6.07, 6.45) is 2.68. The van der Waals surface area contributed by atoms with Crippen molar-refractivity contribution in [2.24, 2.45) is 11.8 Å². The molecule has 124 valence electrons. The molecule has 0 bridgehead atoms. The molecule has 0 aromatic heterocycles. The molecule has 0 spiro atoms. The van der Waals surface area contributed by atoms with Gasteiger partial charge in [-0.1, -0.05) is 24.3 Å². The molecule has 2 aliphatic heterocycles. The van der Waals surface area contributed by atoms with Gasteiger partial charge in [0.2, 0.25) is 5.91 Å². The van der Waals surface area contributed by atoms with E-state index in [1.807, 2.05) is 0 Å². The van der Waals surface area contributed by atoms with Gasteiger partial charge in [0, 0.05) is 44.6 Å². The molecule has 3 aliphatic rings. The van der Waals surface area contributed by atoms with Crippen LogP contribution in [-0.4, -0.2) is 44.2 Å². The van der Waals surface area contributed by atoms with Crippen LogP contribution in [0.4, 0.5) is 0 Å². The van der Waals surface area contributed by atoms with E-state index in [-0.39, 0.29) is 11.9 Å². The Bertz CT molecular complexity index is 582. The average molecular weight is 314 g/mol. The van der Waals surface area contributed by atoms with Gasteiger partial charge in [0.05, 0.1) is 6.04 Å². The average Bonchev–Trinajstić information content (AvgIpc) is 3.06. The van der Waals surface area contributed by atoms with E-state index in [1.54, 1.807) is 0 Å². The van der Waals surface area contributed by atoms with Gasteiger partial charge >= 0.3 is 0 Å². The summed E-state index contributed by atoms with van der Waals surface area (Å²) in [5.41, 5.74) is 2.79. The van der Waals surface area contributed by atoms with Crippen LogP contribution < -0.4 is 5.32 Å². The number of likely N-dealkylation sites (tertiary alicyclic amines) is 1. The first-order valence-corrected chi connectivity index (χ1v) is 8.87. The molecule has 1 N–H and O–H groups in total. The van der Waals surface area contributed by atoms with Crippen LogP contribution in [0.3, 0.4) is 0 Å². The summed E-state index contributed by atoms with van der Waals surface area (Å²) in [5.74, 6) is 1.80. The predicted octanol–water partition coefficient (Wildman–Crippen LogP) is 2.32. The number of hydrogen-bond donors (Lipinski definition) is 1. The highest BCUT2D eigenvalue weighted by Gasteiger charge is 2.45. The van der Waals surface area contributed by atoms with E-state index in [0.717, 1.165) is 39.1 Å². The van der Waals surface area contributed by atoms with Crippen molar-refractivity contribution in [1.29, 1.82) is 0 Å². The summed E-state index contributed by atoms with van der Waals surface area (Å²) < 4.78 is 5.39. The summed E-state index contributed by atoms with van der Waals surface area (Å²) in [6, 6.07) is 8.86. The number of ether oxygens (including phenoxy) is 1. The van der Waals surface area contributed by atoms with E-state index in [1.165, 1.54) is 11.1 Å². The van der Waals surface area contributed by atoms with Gasteiger partial charge in [0.1, 0.15) is 0 Å². The van der Waals surface area contributed by atoms with Gasteiger partial charge in [0.25, 0.3) is 0 Å². The number of nitrogens with one attached hydrogen (secondary N) is 1. The van der Waals surface area contributed by atoms with Gasteiger partial charge in [-0.05, 0) is 36.9 Å².